The van der Waals surface area contributed by atoms with Crippen molar-refractivity contribution in [2.24, 2.45) is 5.92 Å². The molecule has 34 heavy (non-hydrogen) atoms. The van der Waals surface area contributed by atoms with Gasteiger partial charge in [-0.25, -0.2) is 8.42 Å². The van der Waals surface area contributed by atoms with Gasteiger partial charge in [-0.2, -0.15) is 0 Å². The molecule has 0 saturated carbocycles. The number of likely N-dealkylation sites (tertiary alicyclic amines) is 1. The van der Waals surface area contributed by atoms with Crippen LogP contribution in [-0.4, -0.2) is 44.8 Å². The summed E-state index contributed by atoms with van der Waals surface area (Å²) in [6, 6.07) is 10.6. The topological polar surface area (TPSA) is 92.8 Å². The first kappa shape index (κ1) is 25.8. The van der Waals surface area contributed by atoms with Crippen LogP contribution in [0.2, 0.25) is 10.0 Å². The van der Waals surface area contributed by atoms with Gasteiger partial charge in [0.1, 0.15) is 5.75 Å². The number of sulfone groups is 1. The number of hydrogen-bond acceptors (Lipinski definition) is 5. The number of ether oxygens (including phenoxy) is 1. The van der Waals surface area contributed by atoms with Gasteiger partial charge in [-0.1, -0.05) is 35.9 Å². The summed E-state index contributed by atoms with van der Waals surface area (Å²) >= 11 is 11.8. The summed E-state index contributed by atoms with van der Waals surface area (Å²) < 4.78 is 29.9. The summed E-state index contributed by atoms with van der Waals surface area (Å²) in [6.07, 6.45) is 3.60. The van der Waals surface area contributed by atoms with Gasteiger partial charge in [0.2, 0.25) is 5.91 Å². The van der Waals surface area contributed by atoms with Gasteiger partial charge in [0, 0.05) is 35.1 Å². The molecule has 10 heteroatoms. The third-order valence-electron chi connectivity index (χ3n) is 5.26. The SMILES string of the molecule is C=COc1ccc(Cl)cc1C(=O)N1CC[C@H](C(=O)NCC/C=C/S(=O)(=O)c2ccc(Cl)cc2)C1. The van der Waals surface area contributed by atoms with Crippen LogP contribution in [0.15, 0.2) is 71.7 Å². The van der Waals surface area contributed by atoms with Crippen LogP contribution in [-0.2, 0) is 14.6 Å². The molecule has 1 heterocycles. The maximum Gasteiger partial charge on any atom is 0.257 e. The van der Waals surface area contributed by atoms with Crippen molar-refractivity contribution >= 4 is 44.9 Å². The number of benzene rings is 2. The van der Waals surface area contributed by atoms with E-state index in [0.29, 0.717) is 40.7 Å². The minimum atomic E-state index is -3.57. The summed E-state index contributed by atoms with van der Waals surface area (Å²) in [5.41, 5.74) is 0.306. The van der Waals surface area contributed by atoms with Gasteiger partial charge in [0.05, 0.1) is 22.6 Å². The molecule has 1 aliphatic rings. The first-order valence-corrected chi connectivity index (χ1v) is 12.8. The van der Waals surface area contributed by atoms with Crippen molar-refractivity contribution in [3.63, 3.8) is 0 Å². The number of rotatable bonds is 9. The first-order valence-electron chi connectivity index (χ1n) is 10.5. The van der Waals surface area contributed by atoms with Crippen molar-refractivity contribution in [2.45, 2.75) is 17.7 Å². The fourth-order valence-electron chi connectivity index (χ4n) is 3.51. The Morgan fingerprint density at radius 2 is 1.85 bits per heavy atom. The second kappa shape index (κ2) is 11.6. The van der Waals surface area contributed by atoms with Crippen molar-refractivity contribution in [1.29, 1.82) is 0 Å². The number of carbonyl (C=O) groups excluding carboxylic acids is 2. The molecular formula is C24H24Cl2N2O5S. The molecule has 1 fully saturated rings. The molecule has 0 bridgehead atoms. The summed E-state index contributed by atoms with van der Waals surface area (Å²) in [5.74, 6) is -0.464. The third kappa shape index (κ3) is 6.62. The Hall–Kier alpha value is -2.81. The van der Waals surface area contributed by atoms with E-state index in [2.05, 4.69) is 11.9 Å². The van der Waals surface area contributed by atoms with Gasteiger partial charge in [-0.15, -0.1) is 0 Å². The second-order valence-corrected chi connectivity index (χ2v) is 10.3. The molecule has 1 N–H and O–H groups in total. The van der Waals surface area contributed by atoms with Gasteiger partial charge in [0.15, 0.2) is 9.84 Å². The predicted molar refractivity (Wildman–Crippen MR) is 132 cm³/mol. The molecular weight excluding hydrogens is 499 g/mol. The number of nitrogens with one attached hydrogen (secondary N) is 1. The molecule has 0 spiro atoms. The molecule has 0 radical (unpaired) electrons. The number of amides is 2. The zero-order valence-electron chi connectivity index (χ0n) is 18.2. The molecule has 180 valence electrons. The largest absolute Gasteiger partial charge is 0.465 e. The molecule has 2 aromatic rings. The van der Waals surface area contributed by atoms with Gasteiger partial charge >= 0.3 is 0 Å². The fraction of sp³-hybridized carbons (Fsp3) is 0.250. The van der Waals surface area contributed by atoms with Gasteiger partial charge in [-0.05, 0) is 55.3 Å². The lowest BCUT2D eigenvalue weighted by atomic mass is 10.1. The molecule has 2 aromatic carbocycles. The Balaban J connectivity index is 1.49. The van der Waals surface area contributed by atoms with Crippen molar-refractivity contribution in [3.8, 4) is 5.75 Å². The fourth-order valence-corrected chi connectivity index (χ4v) is 4.87. The molecule has 2 amide bonds. The van der Waals surface area contributed by atoms with E-state index in [-0.39, 0.29) is 35.7 Å². The lowest BCUT2D eigenvalue weighted by molar-refractivity contribution is -0.124. The highest BCUT2D eigenvalue weighted by Gasteiger charge is 2.32. The summed E-state index contributed by atoms with van der Waals surface area (Å²) in [7, 11) is -3.57. The van der Waals surface area contributed by atoms with Crippen LogP contribution >= 0.6 is 23.2 Å². The van der Waals surface area contributed by atoms with E-state index in [1.54, 1.807) is 17.0 Å². The predicted octanol–water partition coefficient (Wildman–Crippen LogP) is 4.47. The van der Waals surface area contributed by atoms with Crippen LogP contribution in [0, 0.1) is 5.92 Å². The van der Waals surface area contributed by atoms with E-state index in [1.807, 2.05) is 0 Å². The minimum absolute atomic E-state index is 0.147. The molecule has 0 aliphatic carbocycles. The van der Waals surface area contributed by atoms with Crippen LogP contribution in [0.25, 0.3) is 0 Å². The monoisotopic (exact) mass is 522 g/mol. The quantitative estimate of drug-likeness (QED) is 0.387. The molecule has 1 aliphatic heterocycles. The summed E-state index contributed by atoms with van der Waals surface area (Å²) in [6.45, 7) is 4.48. The van der Waals surface area contributed by atoms with Crippen molar-refractivity contribution in [3.05, 3.63) is 82.4 Å². The average Bonchev–Trinajstić information content (AvgIpc) is 3.30. The highest BCUT2D eigenvalue weighted by molar-refractivity contribution is 7.94. The molecule has 1 atom stereocenters. The van der Waals surface area contributed by atoms with Gasteiger partial charge < -0.3 is 15.0 Å². The summed E-state index contributed by atoms with van der Waals surface area (Å²) in [5, 5.41) is 4.77. The standard InChI is InChI=1S/C24H24Cl2N2O5S/c1-2-33-22-10-7-19(26)15-21(22)24(30)28-13-11-17(16-28)23(29)27-12-3-4-14-34(31,32)20-8-5-18(25)6-9-20/h2,4-10,14-15,17H,1,3,11-13,16H2,(H,27,29)/b14-4+/t17-/m0/s1. The molecule has 1 saturated heterocycles. The molecule has 7 nitrogen and oxygen atoms in total. The lowest BCUT2D eigenvalue weighted by Gasteiger charge is -2.18. The summed E-state index contributed by atoms with van der Waals surface area (Å²) in [4.78, 5) is 27.2. The minimum Gasteiger partial charge on any atom is -0.465 e. The molecule has 3 rings (SSSR count). The van der Waals surface area contributed by atoms with Crippen molar-refractivity contribution < 1.29 is 22.7 Å². The zero-order valence-corrected chi connectivity index (χ0v) is 20.6. The van der Waals surface area contributed by atoms with E-state index in [1.165, 1.54) is 42.7 Å². The van der Waals surface area contributed by atoms with E-state index in [4.69, 9.17) is 27.9 Å². The van der Waals surface area contributed by atoms with E-state index in [0.717, 1.165) is 5.41 Å². The maximum absolute atomic E-state index is 12.9. The van der Waals surface area contributed by atoms with E-state index >= 15 is 0 Å². The van der Waals surface area contributed by atoms with Crippen LogP contribution in [0.5, 0.6) is 5.75 Å². The van der Waals surface area contributed by atoms with Crippen LogP contribution < -0.4 is 10.1 Å². The number of halogens is 2. The molecule has 0 unspecified atom stereocenters. The van der Waals surface area contributed by atoms with E-state index < -0.39 is 9.84 Å². The molecule has 0 aromatic heterocycles. The highest BCUT2D eigenvalue weighted by atomic mass is 35.5. The highest BCUT2D eigenvalue weighted by Crippen LogP contribution is 2.27. The number of hydrogen-bond donors (Lipinski definition) is 1. The first-order chi connectivity index (χ1) is 16.2. The Morgan fingerprint density at radius 1 is 1.15 bits per heavy atom. The smallest absolute Gasteiger partial charge is 0.257 e. The zero-order chi connectivity index (χ0) is 24.7. The van der Waals surface area contributed by atoms with Crippen LogP contribution in [0.1, 0.15) is 23.2 Å². The third-order valence-corrected chi connectivity index (χ3v) is 7.22. The van der Waals surface area contributed by atoms with Crippen LogP contribution in [0.4, 0.5) is 0 Å². The van der Waals surface area contributed by atoms with E-state index in [9.17, 15) is 18.0 Å². The number of carbonyl (C=O) groups is 2. The Bertz CT molecular complexity index is 1200. The van der Waals surface area contributed by atoms with Crippen LogP contribution in [0.3, 0.4) is 0 Å². The Kier molecular flexibility index (Phi) is 8.77. The second-order valence-electron chi connectivity index (χ2n) is 7.61. The lowest BCUT2D eigenvalue weighted by Crippen LogP contribution is -2.35. The Labute approximate surface area is 208 Å². The van der Waals surface area contributed by atoms with Gasteiger partial charge in [0.25, 0.3) is 5.91 Å². The Morgan fingerprint density at radius 3 is 2.56 bits per heavy atom. The number of nitrogens with zero attached hydrogens (tertiary/aromatic N) is 1. The maximum atomic E-state index is 12.9. The van der Waals surface area contributed by atoms with Crippen molar-refractivity contribution in [2.75, 3.05) is 19.6 Å². The average molecular weight is 523 g/mol. The van der Waals surface area contributed by atoms with Gasteiger partial charge in [-0.3, -0.25) is 9.59 Å². The normalized spacial score (nSPS) is 15.9. The van der Waals surface area contributed by atoms with Crippen molar-refractivity contribution in [1.82, 2.24) is 10.2 Å².